The highest BCUT2D eigenvalue weighted by Gasteiger charge is 2.42. The number of hydrogen-bond acceptors (Lipinski definition) is 3. The molecule has 0 aliphatic carbocycles. The number of likely N-dealkylation sites (tertiary alicyclic amines) is 1. The van der Waals surface area contributed by atoms with E-state index in [4.69, 9.17) is 5.11 Å². The van der Waals surface area contributed by atoms with Gasteiger partial charge in [-0.3, -0.25) is 9.59 Å². The van der Waals surface area contributed by atoms with Crippen LogP contribution in [0.1, 0.15) is 33.5 Å². The molecule has 98 valence electrons. The first-order valence-electron chi connectivity index (χ1n) is 5.93. The first kappa shape index (κ1) is 13.1. The molecule has 1 aliphatic rings. The molecule has 2 rings (SSSR count). The van der Waals surface area contributed by atoms with Crippen LogP contribution in [0.25, 0.3) is 0 Å². The van der Waals surface area contributed by atoms with E-state index >= 15 is 0 Å². The van der Waals surface area contributed by atoms with E-state index in [0.29, 0.717) is 25.1 Å². The minimum atomic E-state index is -0.823. The summed E-state index contributed by atoms with van der Waals surface area (Å²) >= 11 is 1.60. The van der Waals surface area contributed by atoms with Crippen LogP contribution in [0.15, 0.2) is 6.07 Å². The highest BCUT2D eigenvalue weighted by Crippen LogP contribution is 2.32. The zero-order valence-corrected chi connectivity index (χ0v) is 11.6. The quantitative estimate of drug-likeness (QED) is 0.894. The van der Waals surface area contributed by atoms with E-state index < -0.39 is 11.4 Å². The predicted molar refractivity (Wildman–Crippen MR) is 70.1 cm³/mol. The lowest BCUT2D eigenvalue weighted by atomic mass is 9.90. The third-order valence-corrected chi connectivity index (χ3v) is 4.51. The predicted octanol–water partition coefficient (Wildman–Crippen LogP) is 2.30. The molecule has 1 aromatic rings. The second kappa shape index (κ2) is 4.39. The number of hydrogen-bond donors (Lipinski definition) is 1. The Kier molecular flexibility index (Phi) is 3.19. The monoisotopic (exact) mass is 267 g/mol. The molecule has 1 aromatic heterocycles. The van der Waals surface area contributed by atoms with Gasteiger partial charge >= 0.3 is 5.97 Å². The van der Waals surface area contributed by atoms with Crippen LogP contribution in [0.2, 0.25) is 0 Å². The summed E-state index contributed by atoms with van der Waals surface area (Å²) in [6, 6.07) is 1.89. The summed E-state index contributed by atoms with van der Waals surface area (Å²) in [4.78, 5) is 27.3. The number of nitrogens with zero attached hydrogens (tertiary/aromatic N) is 1. The summed E-state index contributed by atoms with van der Waals surface area (Å²) < 4.78 is 0. The van der Waals surface area contributed by atoms with Crippen molar-refractivity contribution < 1.29 is 14.7 Å². The fraction of sp³-hybridized carbons (Fsp3) is 0.538. The van der Waals surface area contributed by atoms with E-state index in [-0.39, 0.29) is 5.91 Å². The molecule has 1 fully saturated rings. The van der Waals surface area contributed by atoms with Crippen LogP contribution in [-0.2, 0) is 4.79 Å². The zero-order chi connectivity index (χ0) is 13.5. The molecule has 18 heavy (non-hydrogen) atoms. The van der Waals surface area contributed by atoms with Gasteiger partial charge in [-0.25, -0.2) is 0 Å². The fourth-order valence-corrected chi connectivity index (χ4v) is 3.24. The van der Waals surface area contributed by atoms with Gasteiger partial charge in [0.25, 0.3) is 5.91 Å². The Balaban J connectivity index is 2.18. The fourth-order valence-electron chi connectivity index (χ4n) is 2.32. The smallest absolute Gasteiger partial charge is 0.311 e. The highest BCUT2D eigenvalue weighted by atomic mass is 32.1. The van der Waals surface area contributed by atoms with Gasteiger partial charge in [0, 0.05) is 22.8 Å². The van der Waals surface area contributed by atoms with E-state index in [1.165, 1.54) is 0 Å². The summed E-state index contributed by atoms with van der Waals surface area (Å²) in [6.07, 6.45) is 0.524. The molecule has 0 aromatic carbocycles. The Morgan fingerprint density at radius 3 is 2.56 bits per heavy atom. The van der Waals surface area contributed by atoms with Gasteiger partial charge in [0.05, 0.1) is 11.0 Å². The summed E-state index contributed by atoms with van der Waals surface area (Å²) in [7, 11) is 0. The number of rotatable bonds is 2. The Bertz CT molecular complexity index is 508. The highest BCUT2D eigenvalue weighted by molar-refractivity contribution is 7.12. The molecule has 1 saturated heterocycles. The van der Waals surface area contributed by atoms with Gasteiger partial charge in [-0.05, 0) is 33.3 Å². The van der Waals surface area contributed by atoms with Gasteiger partial charge in [-0.1, -0.05) is 0 Å². The summed E-state index contributed by atoms with van der Waals surface area (Å²) in [5.74, 6) is -0.863. The molecular formula is C13H17NO3S. The molecule has 0 bridgehead atoms. The number of carboxylic acid groups (broad SMARTS) is 1. The van der Waals surface area contributed by atoms with Gasteiger partial charge < -0.3 is 10.0 Å². The van der Waals surface area contributed by atoms with Crippen LogP contribution >= 0.6 is 11.3 Å². The lowest BCUT2D eigenvalue weighted by Gasteiger charge is -2.20. The van der Waals surface area contributed by atoms with Crippen LogP contribution in [0.5, 0.6) is 0 Å². The molecule has 2 heterocycles. The Morgan fingerprint density at radius 2 is 2.11 bits per heavy atom. The normalized spacial score (nSPS) is 23.4. The molecule has 4 nitrogen and oxygen atoms in total. The van der Waals surface area contributed by atoms with Gasteiger partial charge in [-0.15, -0.1) is 11.3 Å². The summed E-state index contributed by atoms with van der Waals surface area (Å²) in [5, 5.41) is 9.17. The molecule has 0 spiro atoms. The first-order chi connectivity index (χ1) is 8.33. The van der Waals surface area contributed by atoms with Crippen molar-refractivity contribution >= 4 is 23.2 Å². The molecule has 0 radical (unpaired) electrons. The molecule has 1 atom stereocenters. The molecule has 0 saturated carbocycles. The van der Waals surface area contributed by atoms with Gasteiger partial charge in [0.1, 0.15) is 0 Å². The van der Waals surface area contributed by atoms with Crippen molar-refractivity contribution in [2.24, 2.45) is 5.41 Å². The van der Waals surface area contributed by atoms with Crippen molar-refractivity contribution in [3.8, 4) is 0 Å². The minimum Gasteiger partial charge on any atom is -0.481 e. The summed E-state index contributed by atoms with van der Waals surface area (Å²) in [6.45, 7) is 6.43. The van der Waals surface area contributed by atoms with Crippen molar-refractivity contribution in [1.29, 1.82) is 0 Å². The van der Waals surface area contributed by atoms with E-state index in [0.717, 1.165) is 9.75 Å². The summed E-state index contributed by atoms with van der Waals surface area (Å²) in [5.41, 5.74) is -0.0820. The van der Waals surface area contributed by atoms with Crippen molar-refractivity contribution in [1.82, 2.24) is 4.90 Å². The molecule has 0 unspecified atom stereocenters. The van der Waals surface area contributed by atoms with Gasteiger partial charge in [0.2, 0.25) is 0 Å². The van der Waals surface area contributed by atoms with Crippen molar-refractivity contribution in [2.75, 3.05) is 13.1 Å². The third-order valence-electron chi connectivity index (χ3n) is 3.55. The van der Waals surface area contributed by atoms with E-state index in [1.807, 2.05) is 19.9 Å². The number of carboxylic acids is 1. The zero-order valence-electron chi connectivity index (χ0n) is 10.8. The number of thiophene rings is 1. The van der Waals surface area contributed by atoms with E-state index in [1.54, 1.807) is 23.2 Å². The van der Waals surface area contributed by atoms with Crippen molar-refractivity contribution in [3.63, 3.8) is 0 Å². The lowest BCUT2D eigenvalue weighted by molar-refractivity contribution is -0.147. The number of carbonyl (C=O) groups excluding carboxylic acids is 1. The van der Waals surface area contributed by atoms with Crippen LogP contribution in [0.4, 0.5) is 0 Å². The lowest BCUT2D eigenvalue weighted by Crippen LogP contribution is -2.34. The molecule has 1 N–H and O–H groups in total. The molecule has 5 heteroatoms. The molecule has 1 amide bonds. The third kappa shape index (κ3) is 2.14. The maximum absolute atomic E-state index is 12.3. The largest absolute Gasteiger partial charge is 0.481 e. The average molecular weight is 267 g/mol. The molecular weight excluding hydrogens is 250 g/mol. The minimum absolute atomic E-state index is 0.0400. The van der Waals surface area contributed by atoms with Crippen LogP contribution < -0.4 is 0 Å². The van der Waals surface area contributed by atoms with Gasteiger partial charge in [-0.2, -0.15) is 0 Å². The number of aryl methyl sites for hydroxylation is 2. The second-order valence-electron chi connectivity index (χ2n) is 5.17. The topological polar surface area (TPSA) is 57.6 Å². The van der Waals surface area contributed by atoms with Crippen LogP contribution in [-0.4, -0.2) is 35.0 Å². The standard InChI is InChI=1S/C13H17NO3S/c1-8-6-10(9(2)18-8)11(15)14-5-4-13(3,7-14)12(16)17/h6H,4-5,7H2,1-3H3,(H,16,17)/t13-/m0/s1. The maximum atomic E-state index is 12.3. The Morgan fingerprint density at radius 1 is 1.44 bits per heavy atom. The number of aliphatic carboxylic acids is 1. The van der Waals surface area contributed by atoms with Crippen molar-refractivity contribution in [3.05, 3.63) is 21.4 Å². The van der Waals surface area contributed by atoms with Crippen LogP contribution in [0, 0.1) is 19.3 Å². The average Bonchev–Trinajstić information content (AvgIpc) is 2.82. The second-order valence-corrected chi connectivity index (χ2v) is 6.63. The maximum Gasteiger partial charge on any atom is 0.311 e. The first-order valence-corrected chi connectivity index (χ1v) is 6.75. The van der Waals surface area contributed by atoms with Crippen molar-refractivity contribution in [2.45, 2.75) is 27.2 Å². The Labute approximate surface area is 110 Å². The SMILES string of the molecule is Cc1cc(C(=O)N2CC[C@](C)(C(=O)O)C2)c(C)s1. The number of amides is 1. The molecule has 1 aliphatic heterocycles. The van der Waals surface area contributed by atoms with E-state index in [2.05, 4.69) is 0 Å². The van der Waals surface area contributed by atoms with E-state index in [9.17, 15) is 9.59 Å². The Hall–Kier alpha value is -1.36. The van der Waals surface area contributed by atoms with Gasteiger partial charge in [0.15, 0.2) is 0 Å². The van der Waals surface area contributed by atoms with Crippen LogP contribution in [0.3, 0.4) is 0 Å². The number of carbonyl (C=O) groups is 2.